The van der Waals surface area contributed by atoms with Gasteiger partial charge < -0.3 is 10.6 Å². The Morgan fingerprint density at radius 3 is 2.12 bits per heavy atom. The first kappa shape index (κ1) is 11.2. The van der Waals surface area contributed by atoms with Gasteiger partial charge in [0.05, 0.1) is 17.1 Å². The van der Waals surface area contributed by atoms with Crippen molar-refractivity contribution >= 4 is 11.6 Å². The normalized spacial score (nSPS) is 17.8. The lowest BCUT2D eigenvalue weighted by Crippen LogP contribution is -2.34. The smallest absolute Gasteiger partial charge is 0.225 e. The van der Waals surface area contributed by atoms with E-state index in [2.05, 4.69) is 21.8 Å². The van der Waals surface area contributed by atoms with Crippen LogP contribution in [0.5, 0.6) is 0 Å². The highest BCUT2D eigenvalue weighted by molar-refractivity contribution is 5.50. The van der Waals surface area contributed by atoms with E-state index >= 15 is 0 Å². The van der Waals surface area contributed by atoms with Crippen LogP contribution in [-0.2, 0) is 0 Å². The minimum atomic E-state index is 0.717. The monoisotopic (exact) mass is 220 g/mol. The molecule has 0 radical (unpaired) electrons. The summed E-state index contributed by atoms with van der Waals surface area (Å²) in [5, 5.41) is 0. The van der Waals surface area contributed by atoms with E-state index in [1.807, 2.05) is 13.8 Å². The van der Waals surface area contributed by atoms with E-state index in [1.54, 1.807) is 0 Å². The summed E-state index contributed by atoms with van der Waals surface area (Å²) in [6, 6.07) is 0. The predicted octanol–water partition coefficient (Wildman–Crippen LogP) is 1.91. The molecular formula is C12H20N4. The van der Waals surface area contributed by atoms with Crippen molar-refractivity contribution < 1.29 is 0 Å². The van der Waals surface area contributed by atoms with Gasteiger partial charge in [-0.25, -0.2) is 9.97 Å². The molecule has 0 unspecified atom stereocenters. The number of rotatable bonds is 1. The van der Waals surface area contributed by atoms with Crippen LogP contribution in [0.4, 0.5) is 11.6 Å². The van der Waals surface area contributed by atoms with Crippen molar-refractivity contribution in [3.05, 3.63) is 11.4 Å². The maximum absolute atomic E-state index is 5.86. The van der Waals surface area contributed by atoms with Crippen LogP contribution in [0.2, 0.25) is 0 Å². The van der Waals surface area contributed by atoms with Gasteiger partial charge in [0.2, 0.25) is 5.95 Å². The zero-order valence-corrected chi connectivity index (χ0v) is 10.3. The van der Waals surface area contributed by atoms with Crippen LogP contribution < -0.4 is 10.6 Å². The van der Waals surface area contributed by atoms with Crippen LogP contribution in [-0.4, -0.2) is 23.1 Å². The van der Waals surface area contributed by atoms with Crippen LogP contribution in [0.1, 0.15) is 31.2 Å². The third-order valence-corrected chi connectivity index (χ3v) is 3.38. The van der Waals surface area contributed by atoms with Gasteiger partial charge in [-0.15, -0.1) is 0 Å². The molecule has 1 fully saturated rings. The quantitative estimate of drug-likeness (QED) is 0.785. The fourth-order valence-corrected chi connectivity index (χ4v) is 2.06. The number of nitrogens with zero attached hydrogens (tertiary/aromatic N) is 3. The molecule has 1 aliphatic rings. The molecule has 0 saturated carbocycles. The van der Waals surface area contributed by atoms with E-state index in [-0.39, 0.29) is 0 Å². The van der Waals surface area contributed by atoms with Crippen LogP contribution >= 0.6 is 0 Å². The minimum absolute atomic E-state index is 0.717. The molecule has 0 bridgehead atoms. The summed E-state index contributed by atoms with van der Waals surface area (Å²) in [7, 11) is 0. The van der Waals surface area contributed by atoms with Crippen molar-refractivity contribution in [3.8, 4) is 0 Å². The highest BCUT2D eigenvalue weighted by Crippen LogP contribution is 2.22. The molecule has 88 valence electrons. The van der Waals surface area contributed by atoms with Gasteiger partial charge in [-0.05, 0) is 32.6 Å². The average molecular weight is 220 g/mol. The highest BCUT2D eigenvalue weighted by Gasteiger charge is 2.18. The molecule has 16 heavy (non-hydrogen) atoms. The lowest BCUT2D eigenvalue weighted by Gasteiger charge is -2.30. The minimum Gasteiger partial charge on any atom is -0.396 e. The molecular weight excluding hydrogens is 200 g/mol. The summed E-state index contributed by atoms with van der Waals surface area (Å²) >= 11 is 0. The second kappa shape index (κ2) is 4.28. The van der Waals surface area contributed by atoms with Crippen LogP contribution in [0.3, 0.4) is 0 Å². The number of nitrogens with two attached hydrogens (primary N) is 1. The van der Waals surface area contributed by atoms with Crippen LogP contribution in [0.15, 0.2) is 0 Å². The summed E-state index contributed by atoms with van der Waals surface area (Å²) in [4.78, 5) is 11.2. The molecule has 0 amide bonds. The van der Waals surface area contributed by atoms with Gasteiger partial charge in [0.25, 0.3) is 0 Å². The standard InChI is InChI=1S/C12H20N4/c1-8-4-6-16(7-5-8)12-14-9(2)11(13)10(3)15-12/h8H,4-7,13H2,1-3H3. The predicted molar refractivity (Wildman–Crippen MR) is 66.5 cm³/mol. The molecule has 4 nitrogen and oxygen atoms in total. The summed E-state index contributed by atoms with van der Waals surface area (Å²) in [6.45, 7) is 8.31. The number of aromatic nitrogens is 2. The van der Waals surface area contributed by atoms with Crippen molar-refractivity contribution in [3.63, 3.8) is 0 Å². The van der Waals surface area contributed by atoms with Crippen molar-refractivity contribution in [2.24, 2.45) is 5.92 Å². The third kappa shape index (κ3) is 2.10. The first-order valence-electron chi connectivity index (χ1n) is 5.93. The van der Waals surface area contributed by atoms with Crippen molar-refractivity contribution in [1.29, 1.82) is 0 Å². The molecule has 2 N–H and O–H groups in total. The number of piperidine rings is 1. The number of anilines is 2. The Hall–Kier alpha value is -1.32. The molecule has 1 aromatic heterocycles. The Labute approximate surface area is 96.9 Å². The van der Waals surface area contributed by atoms with E-state index < -0.39 is 0 Å². The molecule has 2 rings (SSSR count). The molecule has 2 heterocycles. The van der Waals surface area contributed by atoms with Gasteiger partial charge in [-0.1, -0.05) is 6.92 Å². The summed E-state index contributed by atoms with van der Waals surface area (Å²) < 4.78 is 0. The average Bonchev–Trinajstić information content (AvgIpc) is 2.26. The second-order valence-electron chi connectivity index (χ2n) is 4.78. The lowest BCUT2D eigenvalue weighted by molar-refractivity contribution is 0.434. The van der Waals surface area contributed by atoms with E-state index in [0.29, 0.717) is 5.69 Å². The Kier molecular flexibility index (Phi) is 2.99. The molecule has 0 spiro atoms. The van der Waals surface area contributed by atoms with E-state index in [9.17, 15) is 0 Å². The van der Waals surface area contributed by atoms with Crippen molar-refractivity contribution in [2.75, 3.05) is 23.7 Å². The van der Waals surface area contributed by atoms with Crippen LogP contribution in [0.25, 0.3) is 0 Å². The Balaban J connectivity index is 2.21. The molecule has 1 aromatic rings. The first-order valence-corrected chi connectivity index (χ1v) is 5.93. The maximum Gasteiger partial charge on any atom is 0.225 e. The zero-order valence-electron chi connectivity index (χ0n) is 10.3. The van der Waals surface area contributed by atoms with Gasteiger partial charge in [-0.3, -0.25) is 0 Å². The molecule has 0 aliphatic carbocycles. The van der Waals surface area contributed by atoms with Gasteiger partial charge in [0.1, 0.15) is 0 Å². The number of hydrogen-bond donors (Lipinski definition) is 1. The maximum atomic E-state index is 5.86. The largest absolute Gasteiger partial charge is 0.396 e. The van der Waals surface area contributed by atoms with Crippen molar-refractivity contribution in [1.82, 2.24) is 9.97 Å². The Bertz CT molecular complexity index is 358. The lowest BCUT2D eigenvalue weighted by atomic mass is 10.00. The number of hydrogen-bond acceptors (Lipinski definition) is 4. The van der Waals surface area contributed by atoms with Crippen LogP contribution in [0, 0.1) is 19.8 Å². The van der Waals surface area contributed by atoms with Gasteiger partial charge in [0.15, 0.2) is 0 Å². The summed E-state index contributed by atoms with van der Waals surface area (Å²) in [6.07, 6.45) is 2.46. The molecule has 1 aliphatic heterocycles. The fraction of sp³-hybridized carbons (Fsp3) is 0.667. The molecule has 0 aromatic carbocycles. The molecule has 1 saturated heterocycles. The second-order valence-corrected chi connectivity index (χ2v) is 4.78. The van der Waals surface area contributed by atoms with E-state index in [1.165, 1.54) is 12.8 Å². The van der Waals surface area contributed by atoms with E-state index in [0.717, 1.165) is 36.3 Å². The summed E-state index contributed by atoms with van der Waals surface area (Å²) in [5.74, 6) is 1.67. The highest BCUT2D eigenvalue weighted by atomic mass is 15.3. The summed E-state index contributed by atoms with van der Waals surface area (Å²) in [5.41, 5.74) is 8.36. The Morgan fingerprint density at radius 1 is 1.12 bits per heavy atom. The van der Waals surface area contributed by atoms with Crippen molar-refractivity contribution in [2.45, 2.75) is 33.6 Å². The molecule has 0 atom stereocenters. The fourth-order valence-electron chi connectivity index (χ4n) is 2.06. The van der Waals surface area contributed by atoms with E-state index in [4.69, 9.17) is 5.73 Å². The van der Waals surface area contributed by atoms with Gasteiger partial charge in [-0.2, -0.15) is 0 Å². The number of nitrogen functional groups attached to an aromatic ring is 1. The zero-order chi connectivity index (χ0) is 11.7. The Morgan fingerprint density at radius 2 is 1.62 bits per heavy atom. The van der Waals surface area contributed by atoms with Gasteiger partial charge in [0, 0.05) is 13.1 Å². The third-order valence-electron chi connectivity index (χ3n) is 3.38. The topological polar surface area (TPSA) is 55.0 Å². The first-order chi connectivity index (χ1) is 7.58. The SMILES string of the molecule is Cc1nc(N2CCC(C)CC2)nc(C)c1N. The van der Waals surface area contributed by atoms with Gasteiger partial charge >= 0.3 is 0 Å². The molecule has 4 heteroatoms. The number of aryl methyl sites for hydroxylation is 2.